The maximum atomic E-state index is 10.1. The number of carboxylic acids is 2. The second-order valence-electron chi connectivity index (χ2n) is 3.06. The summed E-state index contributed by atoms with van der Waals surface area (Å²) in [5.41, 5.74) is 0. The van der Waals surface area contributed by atoms with E-state index >= 15 is 0 Å². The van der Waals surface area contributed by atoms with Crippen LogP contribution in [0.4, 0.5) is 0 Å². The summed E-state index contributed by atoms with van der Waals surface area (Å²) in [6.45, 7) is 0. The van der Waals surface area contributed by atoms with Gasteiger partial charge in [-0.1, -0.05) is 19.3 Å². The normalized spacial score (nSPS) is 8.53. The van der Waals surface area contributed by atoms with E-state index in [0.29, 0.717) is 12.8 Å². The Labute approximate surface area is 114 Å². The van der Waals surface area contributed by atoms with Gasteiger partial charge in [0, 0.05) is 12.8 Å². The molecule has 0 bridgehead atoms. The number of hydrogen-bond donors (Lipinski definition) is 2. The number of hydrogen-bond acceptors (Lipinski definition) is 2. The van der Waals surface area contributed by atoms with Crippen molar-refractivity contribution in [3.63, 3.8) is 0 Å². The molecule has 0 saturated carbocycles. The molecule has 15 heavy (non-hydrogen) atoms. The summed E-state index contributed by atoms with van der Waals surface area (Å²) in [6, 6.07) is 0. The van der Waals surface area contributed by atoms with Crippen LogP contribution in [0.5, 0.6) is 0 Å². The number of unbranched alkanes of at least 4 members (excludes halogenated alkanes) is 4. The van der Waals surface area contributed by atoms with Crippen molar-refractivity contribution < 1.29 is 19.8 Å². The van der Waals surface area contributed by atoms with Gasteiger partial charge in [-0.05, 0) is 12.8 Å². The standard InChI is InChI=1S/C9H16O4.2Li.2H/c10-8(11)6-4-2-1-3-5-7-9(12)13;;;;/h1-7H2,(H,10,11)(H,12,13);;;;. The Morgan fingerprint density at radius 3 is 1.20 bits per heavy atom. The van der Waals surface area contributed by atoms with Gasteiger partial charge in [0.2, 0.25) is 0 Å². The molecule has 2 N–H and O–H groups in total. The molecular weight excluding hydrogens is 186 g/mol. The molecule has 0 heterocycles. The summed E-state index contributed by atoms with van der Waals surface area (Å²) in [6.07, 6.45) is 4.53. The van der Waals surface area contributed by atoms with Crippen molar-refractivity contribution in [2.75, 3.05) is 0 Å². The molecule has 0 aromatic carbocycles. The van der Waals surface area contributed by atoms with Crippen LogP contribution in [-0.2, 0) is 9.59 Å². The number of carbonyl (C=O) groups is 2. The molecule has 6 heteroatoms. The third kappa shape index (κ3) is 20.3. The van der Waals surface area contributed by atoms with Gasteiger partial charge in [0.25, 0.3) is 0 Å². The number of rotatable bonds is 8. The van der Waals surface area contributed by atoms with Crippen LogP contribution in [0.15, 0.2) is 0 Å². The average Bonchev–Trinajstić information content (AvgIpc) is 2.01. The molecule has 0 aliphatic heterocycles. The first kappa shape index (κ1) is 20.5. The Hall–Kier alpha value is 0.135. The summed E-state index contributed by atoms with van der Waals surface area (Å²) in [7, 11) is 0. The van der Waals surface area contributed by atoms with Crippen LogP contribution in [0, 0.1) is 0 Å². The van der Waals surface area contributed by atoms with E-state index in [1.807, 2.05) is 0 Å². The summed E-state index contributed by atoms with van der Waals surface area (Å²) < 4.78 is 0. The van der Waals surface area contributed by atoms with Gasteiger partial charge in [-0.15, -0.1) is 0 Å². The fraction of sp³-hybridized carbons (Fsp3) is 0.778. The Morgan fingerprint density at radius 2 is 0.933 bits per heavy atom. The molecule has 0 fully saturated rings. The third-order valence-corrected chi connectivity index (χ3v) is 1.78. The molecule has 0 radical (unpaired) electrons. The van der Waals surface area contributed by atoms with Gasteiger partial charge in [-0.3, -0.25) is 9.59 Å². The first-order chi connectivity index (χ1) is 6.13. The van der Waals surface area contributed by atoms with Crippen molar-refractivity contribution in [3.8, 4) is 0 Å². The minimum absolute atomic E-state index is 0. The van der Waals surface area contributed by atoms with E-state index in [1.54, 1.807) is 0 Å². The van der Waals surface area contributed by atoms with Crippen LogP contribution < -0.4 is 0 Å². The SMILES string of the molecule is O=C(O)CCCCCCCC(=O)O.[LiH].[LiH]. The number of aliphatic carboxylic acids is 2. The van der Waals surface area contributed by atoms with Crippen molar-refractivity contribution in [2.24, 2.45) is 0 Å². The summed E-state index contributed by atoms with van der Waals surface area (Å²) >= 11 is 0. The molecule has 0 amide bonds. The van der Waals surface area contributed by atoms with E-state index in [1.165, 1.54) is 0 Å². The first-order valence-corrected chi connectivity index (χ1v) is 4.56. The van der Waals surface area contributed by atoms with E-state index in [4.69, 9.17) is 10.2 Å². The quantitative estimate of drug-likeness (QED) is 0.448. The maximum absolute atomic E-state index is 10.1. The van der Waals surface area contributed by atoms with Crippen LogP contribution in [-0.4, -0.2) is 59.9 Å². The van der Waals surface area contributed by atoms with E-state index in [0.717, 1.165) is 19.3 Å². The zero-order valence-electron chi connectivity index (χ0n) is 7.66. The van der Waals surface area contributed by atoms with Gasteiger partial charge >= 0.3 is 49.7 Å². The second-order valence-corrected chi connectivity index (χ2v) is 3.06. The molecule has 0 saturated heterocycles. The predicted octanol–water partition coefficient (Wildman–Crippen LogP) is 0.589. The first-order valence-electron chi connectivity index (χ1n) is 4.56. The van der Waals surface area contributed by atoms with Gasteiger partial charge in [0.1, 0.15) is 0 Å². The molecule has 0 spiro atoms. The Balaban J connectivity index is -0.000000720. The minimum atomic E-state index is -0.759. The van der Waals surface area contributed by atoms with E-state index in [-0.39, 0.29) is 50.6 Å². The molecule has 0 aliphatic rings. The average molecular weight is 204 g/mol. The van der Waals surface area contributed by atoms with Gasteiger partial charge < -0.3 is 10.2 Å². The molecule has 0 atom stereocenters. The van der Waals surface area contributed by atoms with Crippen molar-refractivity contribution >= 4 is 49.7 Å². The molecule has 80 valence electrons. The van der Waals surface area contributed by atoms with Crippen molar-refractivity contribution in [2.45, 2.75) is 44.9 Å². The second kappa shape index (κ2) is 14.1. The van der Waals surface area contributed by atoms with Crippen LogP contribution in [0.1, 0.15) is 44.9 Å². The summed E-state index contributed by atoms with van der Waals surface area (Å²) in [4.78, 5) is 20.2. The van der Waals surface area contributed by atoms with E-state index < -0.39 is 11.9 Å². The summed E-state index contributed by atoms with van der Waals surface area (Å²) in [5.74, 6) is -1.52. The number of carboxylic acid groups (broad SMARTS) is 2. The predicted molar refractivity (Wildman–Crippen MR) is 61.9 cm³/mol. The zero-order valence-corrected chi connectivity index (χ0v) is 7.66. The fourth-order valence-electron chi connectivity index (χ4n) is 1.08. The van der Waals surface area contributed by atoms with Crippen molar-refractivity contribution in [3.05, 3.63) is 0 Å². The van der Waals surface area contributed by atoms with Gasteiger partial charge in [0.15, 0.2) is 0 Å². The zero-order chi connectivity index (χ0) is 10.1. The summed E-state index contributed by atoms with van der Waals surface area (Å²) in [5, 5.41) is 16.6. The third-order valence-electron chi connectivity index (χ3n) is 1.78. The topological polar surface area (TPSA) is 74.6 Å². The van der Waals surface area contributed by atoms with Crippen LogP contribution in [0.3, 0.4) is 0 Å². The fourth-order valence-corrected chi connectivity index (χ4v) is 1.08. The van der Waals surface area contributed by atoms with Gasteiger partial charge in [-0.25, -0.2) is 0 Å². The Bertz CT molecular complexity index is 155. The molecule has 0 aliphatic carbocycles. The molecular formula is C9H18Li2O4. The molecule has 0 aromatic rings. The molecule has 0 aromatic heterocycles. The monoisotopic (exact) mass is 204 g/mol. The van der Waals surface area contributed by atoms with Crippen LogP contribution >= 0.6 is 0 Å². The van der Waals surface area contributed by atoms with E-state index in [2.05, 4.69) is 0 Å². The molecule has 0 rings (SSSR count). The van der Waals surface area contributed by atoms with E-state index in [9.17, 15) is 9.59 Å². The van der Waals surface area contributed by atoms with Crippen molar-refractivity contribution in [1.82, 2.24) is 0 Å². The van der Waals surface area contributed by atoms with Gasteiger partial charge in [0.05, 0.1) is 0 Å². The molecule has 4 nitrogen and oxygen atoms in total. The van der Waals surface area contributed by atoms with Crippen molar-refractivity contribution in [1.29, 1.82) is 0 Å². The Morgan fingerprint density at radius 1 is 0.667 bits per heavy atom. The Kier molecular flexibility index (Phi) is 19.4. The van der Waals surface area contributed by atoms with Gasteiger partial charge in [-0.2, -0.15) is 0 Å². The van der Waals surface area contributed by atoms with Crippen LogP contribution in [0.2, 0.25) is 0 Å². The van der Waals surface area contributed by atoms with Crippen LogP contribution in [0.25, 0.3) is 0 Å². The molecule has 0 unspecified atom stereocenters.